The second-order valence-corrected chi connectivity index (χ2v) is 4.55. The van der Waals surface area contributed by atoms with E-state index in [1.807, 2.05) is 36.4 Å². The van der Waals surface area contributed by atoms with E-state index in [4.69, 9.17) is 9.47 Å². The standard InChI is InChI=1S/C17H21NO2/c1-19-12-11-18-13-16-9-5-6-10-17(16)20-14-15-7-3-2-4-8-15/h2-10,18H,11-14H2,1H3. The van der Waals surface area contributed by atoms with Gasteiger partial charge in [-0.25, -0.2) is 0 Å². The molecule has 0 amide bonds. The van der Waals surface area contributed by atoms with Gasteiger partial charge in [0, 0.05) is 25.8 Å². The van der Waals surface area contributed by atoms with E-state index in [0.717, 1.165) is 18.8 Å². The zero-order valence-electron chi connectivity index (χ0n) is 11.8. The molecular formula is C17H21NO2. The molecule has 0 radical (unpaired) electrons. The number of benzene rings is 2. The van der Waals surface area contributed by atoms with E-state index in [0.29, 0.717) is 13.2 Å². The van der Waals surface area contributed by atoms with Crippen LogP contribution in [0, 0.1) is 0 Å². The number of para-hydroxylation sites is 1. The molecule has 0 aliphatic carbocycles. The van der Waals surface area contributed by atoms with Crippen LogP contribution in [0.3, 0.4) is 0 Å². The Kier molecular flexibility index (Phi) is 6.08. The summed E-state index contributed by atoms with van der Waals surface area (Å²) in [6.45, 7) is 2.93. The third kappa shape index (κ3) is 4.68. The molecule has 0 spiro atoms. The maximum atomic E-state index is 5.91. The van der Waals surface area contributed by atoms with Crippen molar-refractivity contribution in [2.24, 2.45) is 0 Å². The lowest BCUT2D eigenvalue weighted by molar-refractivity contribution is 0.199. The smallest absolute Gasteiger partial charge is 0.124 e. The van der Waals surface area contributed by atoms with Gasteiger partial charge in [0.25, 0.3) is 0 Å². The molecule has 20 heavy (non-hydrogen) atoms. The first-order valence-electron chi connectivity index (χ1n) is 6.84. The van der Waals surface area contributed by atoms with Gasteiger partial charge in [-0.05, 0) is 11.6 Å². The Morgan fingerprint density at radius 2 is 1.70 bits per heavy atom. The molecule has 0 atom stereocenters. The lowest BCUT2D eigenvalue weighted by Gasteiger charge is -2.12. The third-order valence-corrected chi connectivity index (χ3v) is 3.01. The molecule has 0 heterocycles. The molecule has 0 aliphatic rings. The average Bonchev–Trinajstić information content (AvgIpc) is 2.51. The molecule has 0 bridgehead atoms. The van der Waals surface area contributed by atoms with Gasteiger partial charge in [0.1, 0.15) is 12.4 Å². The van der Waals surface area contributed by atoms with Gasteiger partial charge in [0.15, 0.2) is 0 Å². The molecule has 0 aliphatic heterocycles. The van der Waals surface area contributed by atoms with Crippen molar-refractivity contribution in [2.75, 3.05) is 20.3 Å². The van der Waals surface area contributed by atoms with Crippen molar-refractivity contribution in [3.05, 3.63) is 65.7 Å². The minimum absolute atomic E-state index is 0.593. The first-order valence-corrected chi connectivity index (χ1v) is 6.84. The Hall–Kier alpha value is -1.84. The van der Waals surface area contributed by atoms with Gasteiger partial charge in [0.05, 0.1) is 6.61 Å². The van der Waals surface area contributed by atoms with Crippen LogP contribution in [0.25, 0.3) is 0 Å². The third-order valence-electron chi connectivity index (χ3n) is 3.01. The van der Waals surface area contributed by atoms with E-state index in [-0.39, 0.29) is 0 Å². The molecule has 2 aromatic carbocycles. The summed E-state index contributed by atoms with van der Waals surface area (Å²) in [6, 6.07) is 18.3. The van der Waals surface area contributed by atoms with E-state index < -0.39 is 0 Å². The van der Waals surface area contributed by atoms with E-state index in [2.05, 4.69) is 23.5 Å². The summed E-state index contributed by atoms with van der Waals surface area (Å²) in [5, 5.41) is 3.34. The van der Waals surface area contributed by atoms with Crippen molar-refractivity contribution in [1.82, 2.24) is 5.32 Å². The topological polar surface area (TPSA) is 30.5 Å². The molecule has 3 heteroatoms. The Morgan fingerprint density at radius 1 is 0.950 bits per heavy atom. The van der Waals surface area contributed by atoms with E-state index >= 15 is 0 Å². The minimum atomic E-state index is 0.593. The Morgan fingerprint density at radius 3 is 2.50 bits per heavy atom. The van der Waals surface area contributed by atoms with Crippen LogP contribution in [0.15, 0.2) is 54.6 Å². The fourth-order valence-corrected chi connectivity index (χ4v) is 1.92. The van der Waals surface area contributed by atoms with Gasteiger partial charge in [-0.3, -0.25) is 0 Å². The van der Waals surface area contributed by atoms with Crippen LogP contribution in [0.2, 0.25) is 0 Å². The minimum Gasteiger partial charge on any atom is -0.489 e. The van der Waals surface area contributed by atoms with Crippen molar-refractivity contribution in [3.63, 3.8) is 0 Å². The highest BCUT2D eigenvalue weighted by Gasteiger charge is 2.02. The van der Waals surface area contributed by atoms with Crippen molar-refractivity contribution >= 4 is 0 Å². The quantitative estimate of drug-likeness (QED) is 0.749. The van der Waals surface area contributed by atoms with Gasteiger partial charge in [0.2, 0.25) is 0 Å². The number of ether oxygens (including phenoxy) is 2. The maximum Gasteiger partial charge on any atom is 0.124 e. The van der Waals surface area contributed by atoms with Crippen molar-refractivity contribution in [2.45, 2.75) is 13.2 Å². The lowest BCUT2D eigenvalue weighted by atomic mass is 10.2. The molecule has 0 aromatic heterocycles. The predicted molar refractivity (Wildman–Crippen MR) is 80.8 cm³/mol. The SMILES string of the molecule is COCCNCc1ccccc1OCc1ccccc1. The van der Waals surface area contributed by atoms with Crippen molar-refractivity contribution < 1.29 is 9.47 Å². The summed E-state index contributed by atoms with van der Waals surface area (Å²) >= 11 is 0. The second-order valence-electron chi connectivity index (χ2n) is 4.55. The first-order chi connectivity index (χ1) is 9.90. The molecule has 0 fully saturated rings. The number of rotatable bonds is 8. The van der Waals surface area contributed by atoms with Gasteiger partial charge >= 0.3 is 0 Å². The molecule has 0 saturated heterocycles. The highest BCUT2D eigenvalue weighted by Crippen LogP contribution is 2.19. The second kappa shape index (κ2) is 8.35. The largest absolute Gasteiger partial charge is 0.489 e. The first kappa shape index (κ1) is 14.6. The van der Waals surface area contributed by atoms with Gasteiger partial charge in [-0.1, -0.05) is 48.5 Å². The molecule has 2 rings (SSSR count). The van der Waals surface area contributed by atoms with Crippen LogP contribution in [0.4, 0.5) is 0 Å². The number of methoxy groups -OCH3 is 1. The maximum absolute atomic E-state index is 5.91. The summed E-state index contributed by atoms with van der Waals surface area (Å²) in [7, 11) is 1.71. The van der Waals surface area contributed by atoms with E-state index in [1.54, 1.807) is 7.11 Å². The number of hydrogen-bond acceptors (Lipinski definition) is 3. The summed E-state index contributed by atoms with van der Waals surface area (Å²) in [5.74, 6) is 0.932. The molecule has 1 N–H and O–H groups in total. The predicted octanol–water partition coefficient (Wildman–Crippen LogP) is 3.00. The van der Waals surface area contributed by atoms with E-state index in [9.17, 15) is 0 Å². The highest BCUT2D eigenvalue weighted by atomic mass is 16.5. The number of nitrogens with one attached hydrogen (secondary N) is 1. The zero-order valence-corrected chi connectivity index (χ0v) is 11.8. The van der Waals surface area contributed by atoms with Gasteiger partial charge in [-0.2, -0.15) is 0 Å². The van der Waals surface area contributed by atoms with Crippen molar-refractivity contribution in [3.8, 4) is 5.75 Å². The molecular weight excluding hydrogens is 250 g/mol. The average molecular weight is 271 g/mol. The van der Waals surface area contributed by atoms with Crippen LogP contribution >= 0.6 is 0 Å². The molecule has 0 unspecified atom stereocenters. The highest BCUT2D eigenvalue weighted by molar-refractivity contribution is 5.33. The molecule has 0 saturated carbocycles. The molecule has 106 valence electrons. The Bertz CT molecular complexity index is 499. The summed E-state index contributed by atoms with van der Waals surface area (Å²) in [6.07, 6.45) is 0. The van der Waals surface area contributed by atoms with Crippen molar-refractivity contribution in [1.29, 1.82) is 0 Å². The molecule has 3 nitrogen and oxygen atoms in total. The fraction of sp³-hybridized carbons (Fsp3) is 0.294. The van der Waals surface area contributed by atoms with Crippen LogP contribution in [0.5, 0.6) is 5.75 Å². The Balaban J connectivity index is 1.90. The fourth-order valence-electron chi connectivity index (χ4n) is 1.92. The van der Waals surface area contributed by atoms with Crippen LogP contribution in [0.1, 0.15) is 11.1 Å². The van der Waals surface area contributed by atoms with Crippen LogP contribution < -0.4 is 10.1 Å². The summed E-state index contributed by atoms with van der Waals surface area (Å²) in [4.78, 5) is 0. The summed E-state index contributed by atoms with van der Waals surface area (Å²) in [5.41, 5.74) is 2.34. The number of hydrogen-bond donors (Lipinski definition) is 1. The lowest BCUT2D eigenvalue weighted by Crippen LogP contribution is -2.19. The zero-order chi connectivity index (χ0) is 14.0. The van der Waals surface area contributed by atoms with E-state index in [1.165, 1.54) is 11.1 Å². The monoisotopic (exact) mass is 271 g/mol. The van der Waals surface area contributed by atoms with Gasteiger partial charge in [-0.15, -0.1) is 0 Å². The van der Waals surface area contributed by atoms with Crippen LogP contribution in [-0.2, 0) is 17.9 Å². The normalized spacial score (nSPS) is 10.4. The molecule has 2 aromatic rings. The van der Waals surface area contributed by atoms with Gasteiger partial charge < -0.3 is 14.8 Å². The van der Waals surface area contributed by atoms with Crippen LogP contribution in [-0.4, -0.2) is 20.3 Å². The summed E-state index contributed by atoms with van der Waals surface area (Å²) < 4.78 is 10.9. The Labute approximate surface area is 120 Å².